The van der Waals surface area contributed by atoms with Gasteiger partial charge in [-0.05, 0) is 31.9 Å². The number of carbonyl (C=O) groups excluding carboxylic acids is 1. The lowest BCUT2D eigenvalue weighted by Crippen LogP contribution is -2.36. The second kappa shape index (κ2) is 4.96. The van der Waals surface area contributed by atoms with E-state index in [1.54, 1.807) is 13.1 Å². The topological polar surface area (TPSA) is 57.0 Å². The zero-order chi connectivity index (χ0) is 12.3. The van der Waals surface area contributed by atoms with Crippen LogP contribution in [0.1, 0.15) is 25.5 Å². The van der Waals surface area contributed by atoms with Gasteiger partial charge in [-0.15, -0.1) is 0 Å². The first-order valence-electron chi connectivity index (χ1n) is 5.83. The predicted molar refractivity (Wildman–Crippen MR) is 64.6 cm³/mol. The van der Waals surface area contributed by atoms with Crippen LogP contribution in [-0.2, 0) is 4.79 Å². The van der Waals surface area contributed by atoms with E-state index in [2.05, 4.69) is 16.0 Å². The fourth-order valence-corrected chi connectivity index (χ4v) is 2.27. The van der Waals surface area contributed by atoms with Crippen molar-refractivity contribution in [1.82, 2.24) is 4.98 Å². The Morgan fingerprint density at radius 2 is 2.24 bits per heavy atom. The van der Waals surface area contributed by atoms with E-state index in [0.29, 0.717) is 5.69 Å². The van der Waals surface area contributed by atoms with Crippen molar-refractivity contribution in [3.63, 3.8) is 0 Å². The first-order chi connectivity index (χ1) is 8.22. The number of Topliss-reactive ketones (excluding diaryl/α,β-unsaturated/α-hetero) is 1. The lowest BCUT2D eigenvalue weighted by Gasteiger charge is -2.32. The summed E-state index contributed by atoms with van der Waals surface area (Å²) in [5.74, 6) is 0.463. The van der Waals surface area contributed by atoms with Gasteiger partial charge in [0.25, 0.3) is 0 Å². The Morgan fingerprint density at radius 1 is 1.53 bits per heavy atom. The maximum absolute atomic E-state index is 11.3. The minimum absolute atomic E-state index is 0.188. The van der Waals surface area contributed by atoms with E-state index in [0.717, 1.165) is 31.6 Å². The minimum Gasteiger partial charge on any atom is -0.369 e. The molecule has 88 valence electrons. The minimum atomic E-state index is 0.188. The van der Waals surface area contributed by atoms with E-state index < -0.39 is 0 Å². The summed E-state index contributed by atoms with van der Waals surface area (Å²) in [7, 11) is 0. The van der Waals surface area contributed by atoms with Crippen molar-refractivity contribution >= 4 is 11.5 Å². The molecule has 1 aliphatic rings. The van der Waals surface area contributed by atoms with Gasteiger partial charge < -0.3 is 4.90 Å². The van der Waals surface area contributed by atoms with Crippen molar-refractivity contribution in [2.75, 3.05) is 18.0 Å². The van der Waals surface area contributed by atoms with Crippen LogP contribution in [0.15, 0.2) is 18.3 Å². The van der Waals surface area contributed by atoms with E-state index in [1.165, 1.54) is 0 Å². The van der Waals surface area contributed by atoms with Crippen molar-refractivity contribution in [1.29, 1.82) is 5.26 Å². The molecule has 0 amide bonds. The maximum Gasteiger partial charge on any atom is 0.163 e. The molecule has 0 aromatic carbocycles. The van der Waals surface area contributed by atoms with Crippen LogP contribution < -0.4 is 4.90 Å². The van der Waals surface area contributed by atoms with Crippen molar-refractivity contribution in [3.8, 4) is 6.07 Å². The van der Waals surface area contributed by atoms with Crippen LogP contribution in [0.4, 0.5) is 5.69 Å². The Balaban J connectivity index is 2.11. The number of nitriles is 1. The summed E-state index contributed by atoms with van der Waals surface area (Å²) in [5, 5.41) is 9.00. The fraction of sp³-hybridized carbons (Fsp3) is 0.462. The number of pyridine rings is 1. The summed E-state index contributed by atoms with van der Waals surface area (Å²) in [5.41, 5.74) is 1.35. The standard InChI is InChI=1S/C13H15N3O/c1-10(17)11-4-7-16(8-5-11)13-3-2-6-15-12(13)9-14/h2-3,6,11H,4-5,7-8H2,1H3. The van der Waals surface area contributed by atoms with E-state index in [4.69, 9.17) is 5.26 Å². The number of carbonyl (C=O) groups is 1. The molecule has 0 unspecified atom stereocenters. The van der Waals surface area contributed by atoms with Gasteiger partial charge in [-0.2, -0.15) is 5.26 Å². The number of rotatable bonds is 2. The van der Waals surface area contributed by atoms with Gasteiger partial charge in [0.2, 0.25) is 0 Å². The predicted octanol–water partition coefficient (Wildman–Crippen LogP) is 1.76. The number of ketones is 1. The molecule has 0 atom stereocenters. The summed E-state index contributed by atoms with van der Waals surface area (Å²) in [6, 6.07) is 5.86. The number of hydrogen-bond donors (Lipinski definition) is 0. The molecule has 0 radical (unpaired) electrons. The van der Waals surface area contributed by atoms with Crippen molar-refractivity contribution in [3.05, 3.63) is 24.0 Å². The lowest BCUT2D eigenvalue weighted by atomic mass is 9.93. The molecule has 1 aromatic heterocycles. The van der Waals surface area contributed by atoms with Crippen LogP contribution in [0.25, 0.3) is 0 Å². The number of anilines is 1. The third-order valence-electron chi connectivity index (χ3n) is 3.30. The second-order valence-electron chi connectivity index (χ2n) is 4.35. The number of piperidine rings is 1. The Kier molecular flexibility index (Phi) is 3.38. The highest BCUT2D eigenvalue weighted by atomic mass is 16.1. The van der Waals surface area contributed by atoms with Crippen molar-refractivity contribution in [2.45, 2.75) is 19.8 Å². The van der Waals surface area contributed by atoms with Crippen LogP contribution in [-0.4, -0.2) is 23.9 Å². The smallest absolute Gasteiger partial charge is 0.163 e. The Labute approximate surface area is 101 Å². The highest BCUT2D eigenvalue weighted by molar-refractivity contribution is 5.78. The van der Waals surface area contributed by atoms with Crippen molar-refractivity contribution in [2.24, 2.45) is 5.92 Å². The maximum atomic E-state index is 11.3. The quantitative estimate of drug-likeness (QED) is 0.775. The van der Waals surface area contributed by atoms with Gasteiger partial charge in [-0.25, -0.2) is 4.98 Å². The molecule has 4 heteroatoms. The van der Waals surface area contributed by atoms with Crippen LogP contribution in [0, 0.1) is 17.2 Å². The molecule has 1 fully saturated rings. The molecule has 0 spiro atoms. The first kappa shape index (κ1) is 11.6. The summed E-state index contributed by atoms with van der Waals surface area (Å²) in [6.45, 7) is 3.31. The third kappa shape index (κ3) is 2.44. The van der Waals surface area contributed by atoms with Gasteiger partial charge in [-0.1, -0.05) is 0 Å². The number of nitrogens with zero attached hydrogens (tertiary/aromatic N) is 3. The van der Waals surface area contributed by atoms with Crippen LogP contribution in [0.2, 0.25) is 0 Å². The highest BCUT2D eigenvalue weighted by Crippen LogP contribution is 2.25. The summed E-state index contributed by atoms with van der Waals surface area (Å²) in [4.78, 5) is 17.5. The van der Waals surface area contributed by atoms with Gasteiger partial charge in [0, 0.05) is 25.2 Å². The molecule has 4 nitrogen and oxygen atoms in total. The molecule has 0 saturated carbocycles. The Morgan fingerprint density at radius 3 is 2.82 bits per heavy atom. The average molecular weight is 229 g/mol. The Bertz CT molecular complexity index is 456. The van der Waals surface area contributed by atoms with Gasteiger partial charge in [-0.3, -0.25) is 4.79 Å². The largest absolute Gasteiger partial charge is 0.369 e. The third-order valence-corrected chi connectivity index (χ3v) is 3.30. The molecular formula is C13H15N3O. The molecular weight excluding hydrogens is 214 g/mol. The average Bonchev–Trinajstić information content (AvgIpc) is 2.39. The van der Waals surface area contributed by atoms with Crippen LogP contribution in [0.3, 0.4) is 0 Å². The number of aromatic nitrogens is 1. The molecule has 1 aromatic rings. The molecule has 0 N–H and O–H groups in total. The molecule has 1 aliphatic heterocycles. The summed E-state index contributed by atoms with van der Waals surface area (Å²) < 4.78 is 0. The van der Waals surface area contributed by atoms with E-state index in [-0.39, 0.29) is 11.7 Å². The molecule has 17 heavy (non-hydrogen) atoms. The van der Waals surface area contributed by atoms with Gasteiger partial charge in [0.05, 0.1) is 5.69 Å². The van der Waals surface area contributed by atoms with Crippen LogP contribution in [0.5, 0.6) is 0 Å². The molecule has 1 saturated heterocycles. The zero-order valence-electron chi connectivity index (χ0n) is 9.89. The molecule has 2 rings (SSSR count). The van der Waals surface area contributed by atoms with E-state index >= 15 is 0 Å². The fourth-order valence-electron chi connectivity index (χ4n) is 2.27. The van der Waals surface area contributed by atoms with Crippen molar-refractivity contribution < 1.29 is 4.79 Å². The lowest BCUT2D eigenvalue weighted by molar-refractivity contribution is -0.121. The highest BCUT2D eigenvalue weighted by Gasteiger charge is 2.23. The normalized spacial score (nSPS) is 16.6. The number of hydrogen-bond acceptors (Lipinski definition) is 4. The second-order valence-corrected chi connectivity index (χ2v) is 4.35. The zero-order valence-corrected chi connectivity index (χ0v) is 9.89. The monoisotopic (exact) mass is 229 g/mol. The van der Waals surface area contributed by atoms with Gasteiger partial charge >= 0.3 is 0 Å². The van der Waals surface area contributed by atoms with Crippen LogP contribution >= 0.6 is 0 Å². The van der Waals surface area contributed by atoms with E-state index in [9.17, 15) is 4.79 Å². The molecule has 2 heterocycles. The summed E-state index contributed by atoms with van der Waals surface area (Å²) in [6.07, 6.45) is 3.37. The molecule has 0 bridgehead atoms. The Hall–Kier alpha value is -1.89. The SMILES string of the molecule is CC(=O)C1CCN(c2cccnc2C#N)CC1. The molecule has 0 aliphatic carbocycles. The first-order valence-corrected chi connectivity index (χ1v) is 5.83. The van der Waals surface area contributed by atoms with Gasteiger partial charge in [0.1, 0.15) is 11.9 Å². The summed E-state index contributed by atoms with van der Waals surface area (Å²) >= 11 is 0. The van der Waals surface area contributed by atoms with Gasteiger partial charge in [0.15, 0.2) is 5.69 Å². The van der Waals surface area contributed by atoms with E-state index in [1.807, 2.05) is 12.1 Å².